The van der Waals surface area contributed by atoms with Crippen LogP contribution in [0.1, 0.15) is 5.56 Å². The van der Waals surface area contributed by atoms with Crippen molar-refractivity contribution in [3.63, 3.8) is 0 Å². The van der Waals surface area contributed by atoms with Crippen LogP contribution in [-0.2, 0) is 4.79 Å². The Bertz CT molecular complexity index is 677. The molecule has 0 spiro atoms. The lowest BCUT2D eigenvalue weighted by Crippen LogP contribution is -2.15. The molecule has 2 aromatic carbocycles. The van der Waals surface area contributed by atoms with E-state index in [0.717, 1.165) is 17.3 Å². The van der Waals surface area contributed by atoms with Crippen molar-refractivity contribution in [2.24, 2.45) is 0 Å². The Hall–Kier alpha value is -2.08. The summed E-state index contributed by atoms with van der Waals surface area (Å²) in [7, 11) is 0. The van der Waals surface area contributed by atoms with E-state index in [9.17, 15) is 13.6 Å². The van der Waals surface area contributed by atoms with Crippen molar-refractivity contribution in [2.75, 3.05) is 16.8 Å². The quantitative estimate of drug-likeness (QED) is 0.670. The van der Waals surface area contributed by atoms with Crippen LogP contribution in [0.25, 0.3) is 0 Å². The lowest BCUT2D eigenvalue weighted by Gasteiger charge is -2.08. The normalized spacial score (nSPS) is 10.4. The third-order valence-electron chi connectivity index (χ3n) is 2.79. The minimum atomic E-state index is -0.463. The number of thioether (sulfide) groups is 1. The van der Waals surface area contributed by atoms with E-state index >= 15 is 0 Å². The Morgan fingerprint density at radius 1 is 1.24 bits per heavy atom. The molecule has 2 rings (SSSR count). The second kappa shape index (κ2) is 6.58. The molecule has 0 aliphatic carbocycles. The lowest BCUT2D eigenvalue weighted by molar-refractivity contribution is -0.113. The van der Waals surface area contributed by atoms with Crippen LogP contribution in [0.3, 0.4) is 0 Å². The Morgan fingerprint density at radius 2 is 2.00 bits per heavy atom. The van der Waals surface area contributed by atoms with Gasteiger partial charge < -0.3 is 11.1 Å². The van der Waals surface area contributed by atoms with Gasteiger partial charge in [0.1, 0.15) is 11.6 Å². The van der Waals surface area contributed by atoms with Crippen LogP contribution in [0.4, 0.5) is 20.2 Å². The molecule has 0 saturated heterocycles. The second-order valence-electron chi connectivity index (χ2n) is 4.49. The average molecular weight is 308 g/mol. The minimum Gasteiger partial charge on any atom is -0.399 e. The number of hydrogen-bond donors (Lipinski definition) is 2. The lowest BCUT2D eigenvalue weighted by atomic mass is 10.2. The van der Waals surface area contributed by atoms with Gasteiger partial charge in [-0.2, -0.15) is 0 Å². The molecule has 0 aromatic heterocycles. The van der Waals surface area contributed by atoms with Gasteiger partial charge in [0, 0.05) is 16.3 Å². The summed E-state index contributed by atoms with van der Waals surface area (Å²) in [4.78, 5) is 12.2. The molecule has 2 aromatic rings. The molecule has 0 fully saturated rings. The molecule has 6 heteroatoms. The second-order valence-corrected chi connectivity index (χ2v) is 5.50. The molecular formula is C15H14F2N2OS. The molecule has 0 aliphatic heterocycles. The van der Waals surface area contributed by atoms with Crippen molar-refractivity contribution >= 4 is 29.0 Å². The first-order chi connectivity index (χ1) is 9.95. The summed E-state index contributed by atoms with van der Waals surface area (Å²) in [5.74, 6) is -1.19. The van der Waals surface area contributed by atoms with Crippen molar-refractivity contribution in [3.05, 3.63) is 53.6 Å². The van der Waals surface area contributed by atoms with E-state index in [4.69, 9.17) is 5.73 Å². The molecular weight excluding hydrogens is 294 g/mol. The molecule has 0 heterocycles. The summed E-state index contributed by atoms with van der Waals surface area (Å²) < 4.78 is 26.7. The standard InChI is InChI=1S/C15H14F2N2OS/c1-9-2-3-10(16)6-13(9)19-15(20)8-21-14-5-4-11(18)7-12(14)17/h2-7H,8,18H2,1H3,(H,19,20). The third kappa shape index (κ3) is 4.19. The first kappa shape index (κ1) is 15.3. The summed E-state index contributed by atoms with van der Waals surface area (Å²) in [6, 6.07) is 8.45. The Morgan fingerprint density at radius 3 is 2.71 bits per heavy atom. The van der Waals surface area contributed by atoms with Gasteiger partial charge in [0.05, 0.1) is 5.75 Å². The molecule has 21 heavy (non-hydrogen) atoms. The molecule has 110 valence electrons. The molecule has 1 amide bonds. The fourth-order valence-electron chi connectivity index (χ4n) is 1.69. The van der Waals surface area contributed by atoms with Crippen LogP contribution < -0.4 is 11.1 Å². The van der Waals surface area contributed by atoms with E-state index in [-0.39, 0.29) is 11.7 Å². The summed E-state index contributed by atoms with van der Waals surface area (Å²) in [6.45, 7) is 1.77. The SMILES string of the molecule is Cc1ccc(F)cc1NC(=O)CSc1ccc(N)cc1F. The first-order valence-corrected chi connectivity index (χ1v) is 7.18. The number of carbonyl (C=O) groups is 1. The van der Waals surface area contributed by atoms with Gasteiger partial charge in [-0.25, -0.2) is 8.78 Å². The fraction of sp³-hybridized carbons (Fsp3) is 0.133. The topological polar surface area (TPSA) is 55.1 Å². The number of nitrogens with two attached hydrogens (primary N) is 1. The van der Waals surface area contributed by atoms with Gasteiger partial charge in [-0.05, 0) is 42.8 Å². The van der Waals surface area contributed by atoms with Crippen molar-refractivity contribution in [2.45, 2.75) is 11.8 Å². The number of halogens is 2. The van der Waals surface area contributed by atoms with E-state index in [1.54, 1.807) is 19.1 Å². The largest absolute Gasteiger partial charge is 0.399 e. The molecule has 0 bridgehead atoms. The Labute approximate surface area is 125 Å². The Kier molecular flexibility index (Phi) is 4.80. The smallest absolute Gasteiger partial charge is 0.234 e. The van der Waals surface area contributed by atoms with E-state index in [2.05, 4.69) is 5.32 Å². The van der Waals surface area contributed by atoms with Crippen LogP contribution >= 0.6 is 11.8 Å². The summed E-state index contributed by atoms with van der Waals surface area (Å²) in [5.41, 5.74) is 6.96. The van der Waals surface area contributed by atoms with Crippen molar-refractivity contribution in [1.29, 1.82) is 0 Å². The minimum absolute atomic E-state index is 0.0246. The number of rotatable bonds is 4. The summed E-state index contributed by atoms with van der Waals surface area (Å²) in [6.07, 6.45) is 0. The summed E-state index contributed by atoms with van der Waals surface area (Å²) in [5, 5.41) is 2.61. The van der Waals surface area contributed by atoms with Crippen molar-refractivity contribution in [1.82, 2.24) is 0 Å². The van der Waals surface area contributed by atoms with Gasteiger partial charge in [0.25, 0.3) is 0 Å². The zero-order valence-electron chi connectivity index (χ0n) is 11.3. The van der Waals surface area contributed by atoms with Gasteiger partial charge >= 0.3 is 0 Å². The highest BCUT2D eigenvalue weighted by atomic mass is 32.2. The number of anilines is 2. The van der Waals surface area contributed by atoms with Crippen LogP contribution in [0.5, 0.6) is 0 Å². The molecule has 0 aliphatic rings. The van der Waals surface area contributed by atoms with Gasteiger partial charge in [0.2, 0.25) is 5.91 Å². The monoisotopic (exact) mass is 308 g/mol. The maximum atomic E-state index is 13.6. The number of nitrogen functional groups attached to an aromatic ring is 1. The Balaban J connectivity index is 1.97. The predicted octanol–water partition coefficient (Wildman–Crippen LogP) is 3.59. The highest BCUT2D eigenvalue weighted by Crippen LogP contribution is 2.24. The van der Waals surface area contributed by atoms with Gasteiger partial charge in [0.15, 0.2) is 0 Å². The van der Waals surface area contributed by atoms with E-state index in [1.807, 2.05) is 0 Å². The van der Waals surface area contributed by atoms with Crippen molar-refractivity contribution < 1.29 is 13.6 Å². The highest BCUT2D eigenvalue weighted by molar-refractivity contribution is 8.00. The third-order valence-corrected chi connectivity index (χ3v) is 3.84. The zero-order valence-corrected chi connectivity index (χ0v) is 12.1. The van der Waals surface area contributed by atoms with Crippen LogP contribution in [0.2, 0.25) is 0 Å². The maximum Gasteiger partial charge on any atom is 0.234 e. The molecule has 0 atom stereocenters. The molecule has 0 radical (unpaired) electrons. The fourth-order valence-corrected chi connectivity index (χ4v) is 2.41. The number of aryl methyl sites for hydroxylation is 1. The van der Waals surface area contributed by atoms with E-state index in [0.29, 0.717) is 16.3 Å². The maximum absolute atomic E-state index is 13.6. The number of nitrogens with one attached hydrogen (secondary N) is 1. The predicted molar refractivity (Wildman–Crippen MR) is 81.3 cm³/mol. The molecule has 0 unspecified atom stereocenters. The first-order valence-electron chi connectivity index (χ1n) is 6.19. The molecule has 3 nitrogen and oxygen atoms in total. The summed E-state index contributed by atoms with van der Waals surface area (Å²) >= 11 is 1.06. The van der Waals surface area contributed by atoms with Crippen LogP contribution in [0.15, 0.2) is 41.3 Å². The van der Waals surface area contributed by atoms with Gasteiger partial charge in [-0.1, -0.05) is 6.07 Å². The average Bonchev–Trinajstić information content (AvgIpc) is 2.42. The van der Waals surface area contributed by atoms with Crippen LogP contribution in [0, 0.1) is 18.6 Å². The van der Waals surface area contributed by atoms with Crippen LogP contribution in [-0.4, -0.2) is 11.7 Å². The van der Waals surface area contributed by atoms with Gasteiger partial charge in [-0.3, -0.25) is 4.79 Å². The number of amides is 1. The number of hydrogen-bond acceptors (Lipinski definition) is 3. The van der Waals surface area contributed by atoms with E-state index < -0.39 is 11.6 Å². The molecule has 0 saturated carbocycles. The number of carbonyl (C=O) groups excluding carboxylic acids is 1. The zero-order chi connectivity index (χ0) is 15.4. The molecule has 3 N–H and O–H groups in total. The van der Waals surface area contributed by atoms with Gasteiger partial charge in [-0.15, -0.1) is 11.8 Å². The van der Waals surface area contributed by atoms with E-state index in [1.165, 1.54) is 24.3 Å². The van der Waals surface area contributed by atoms with Crippen molar-refractivity contribution in [3.8, 4) is 0 Å². The highest BCUT2D eigenvalue weighted by Gasteiger charge is 2.09. The number of benzene rings is 2.